The Labute approximate surface area is 97.9 Å². The Morgan fingerprint density at radius 2 is 2.25 bits per heavy atom. The van der Waals surface area contributed by atoms with Crippen LogP contribution in [-0.4, -0.2) is 29.7 Å². The van der Waals surface area contributed by atoms with Gasteiger partial charge in [-0.05, 0) is 40.5 Å². The number of ether oxygens (including phenoxy) is 1. The normalized spacial score (nSPS) is 30.4. The molecule has 1 amide bonds. The van der Waals surface area contributed by atoms with Gasteiger partial charge in [-0.2, -0.15) is 0 Å². The average molecular weight is 228 g/mol. The van der Waals surface area contributed by atoms with Crippen LogP contribution in [0.3, 0.4) is 0 Å². The molecule has 1 fully saturated rings. The van der Waals surface area contributed by atoms with Crippen LogP contribution in [0.25, 0.3) is 0 Å². The van der Waals surface area contributed by atoms with Crippen molar-refractivity contribution >= 4 is 5.91 Å². The van der Waals surface area contributed by atoms with Crippen LogP contribution in [0.2, 0.25) is 0 Å². The fourth-order valence-corrected chi connectivity index (χ4v) is 1.82. The van der Waals surface area contributed by atoms with Gasteiger partial charge in [-0.3, -0.25) is 4.79 Å². The number of hydrogen-bond acceptors (Lipinski definition) is 3. The molecule has 0 aromatic carbocycles. The largest absolute Gasteiger partial charge is 0.376 e. The SMILES string of the molecule is CC1OCCC1(C)NC(=O)CCC(C)(C)N. The van der Waals surface area contributed by atoms with E-state index in [2.05, 4.69) is 5.32 Å². The maximum atomic E-state index is 11.8. The Kier molecular flexibility index (Phi) is 3.97. The highest BCUT2D eigenvalue weighted by Gasteiger charge is 2.38. The summed E-state index contributed by atoms with van der Waals surface area (Å²) >= 11 is 0. The second-order valence-electron chi connectivity index (χ2n) is 5.72. The molecule has 94 valence electrons. The lowest BCUT2D eigenvalue weighted by atomic mass is 9.93. The highest BCUT2D eigenvalue weighted by atomic mass is 16.5. The van der Waals surface area contributed by atoms with Crippen LogP contribution < -0.4 is 11.1 Å². The van der Waals surface area contributed by atoms with Crippen LogP contribution in [0.1, 0.15) is 47.0 Å². The van der Waals surface area contributed by atoms with E-state index >= 15 is 0 Å². The lowest BCUT2D eigenvalue weighted by Crippen LogP contribution is -2.51. The molecule has 1 saturated heterocycles. The highest BCUT2D eigenvalue weighted by molar-refractivity contribution is 5.77. The van der Waals surface area contributed by atoms with Gasteiger partial charge in [-0.1, -0.05) is 0 Å². The van der Waals surface area contributed by atoms with Crippen molar-refractivity contribution in [2.75, 3.05) is 6.61 Å². The lowest BCUT2D eigenvalue weighted by molar-refractivity contribution is -0.123. The van der Waals surface area contributed by atoms with Crippen molar-refractivity contribution in [1.29, 1.82) is 0 Å². The van der Waals surface area contributed by atoms with Gasteiger partial charge in [0.25, 0.3) is 0 Å². The minimum atomic E-state index is -0.282. The number of hydrogen-bond donors (Lipinski definition) is 2. The van der Waals surface area contributed by atoms with E-state index in [1.165, 1.54) is 0 Å². The zero-order valence-corrected chi connectivity index (χ0v) is 10.8. The van der Waals surface area contributed by atoms with E-state index in [0.29, 0.717) is 12.8 Å². The Morgan fingerprint density at radius 3 is 2.69 bits per heavy atom. The Balaban J connectivity index is 2.39. The molecule has 2 atom stereocenters. The molecule has 1 aliphatic heterocycles. The van der Waals surface area contributed by atoms with Gasteiger partial charge in [0.15, 0.2) is 0 Å². The van der Waals surface area contributed by atoms with Crippen molar-refractivity contribution < 1.29 is 9.53 Å². The van der Waals surface area contributed by atoms with Crippen LogP contribution in [0, 0.1) is 0 Å². The smallest absolute Gasteiger partial charge is 0.220 e. The predicted molar refractivity (Wildman–Crippen MR) is 64.1 cm³/mol. The van der Waals surface area contributed by atoms with E-state index in [1.807, 2.05) is 27.7 Å². The van der Waals surface area contributed by atoms with Gasteiger partial charge in [-0.15, -0.1) is 0 Å². The minimum absolute atomic E-state index is 0.0679. The first kappa shape index (κ1) is 13.5. The predicted octanol–water partition coefficient (Wildman–Crippen LogP) is 1.19. The van der Waals surface area contributed by atoms with E-state index in [0.717, 1.165) is 13.0 Å². The van der Waals surface area contributed by atoms with Gasteiger partial charge in [0.1, 0.15) is 0 Å². The van der Waals surface area contributed by atoms with Gasteiger partial charge < -0.3 is 15.8 Å². The third-order valence-corrected chi connectivity index (χ3v) is 3.31. The fourth-order valence-electron chi connectivity index (χ4n) is 1.82. The van der Waals surface area contributed by atoms with Gasteiger partial charge >= 0.3 is 0 Å². The number of carbonyl (C=O) groups excluding carboxylic acids is 1. The summed E-state index contributed by atoms with van der Waals surface area (Å²) in [4.78, 5) is 11.8. The summed E-state index contributed by atoms with van der Waals surface area (Å²) in [5.74, 6) is 0.0679. The van der Waals surface area contributed by atoms with Crippen molar-refractivity contribution in [2.24, 2.45) is 5.73 Å². The van der Waals surface area contributed by atoms with E-state index in [-0.39, 0.29) is 23.1 Å². The zero-order valence-electron chi connectivity index (χ0n) is 10.8. The van der Waals surface area contributed by atoms with Crippen LogP contribution in [0.4, 0.5) is 0 Å². The summed E-state index contributed by atoms with van der Waals surface area (Å²) < 4.78 is 5.48. The Morgan fingerprint density at radius 1 is 1.62 bits per heavy atom. The molecule has 1 aliphatic rings. The monoisotopic (exact) mass is 228 g/mol. The molecule has 0 spiro atoms. The molecule has 0 aliphatic carbocycles. The fraction of sp³-hybridized carbons (Fsp3) is 0.917. The van der Waals surface area contributed by atoms with E-state index < -0.39 is 0 Å². The summed E-state index contributed by atoms with van der Waals surface area (Å²) in [7, 11) is 0. The molecule has 4 heteroatoms. The van der Waals surface area contributed by atoms with Crippen LogP contribution in [0.15, 0.2) is 0 Å². The Bertz CT molecular complexity index is 260. The third-order valence-electron chi connectivity index (χ3n) is 3.31. The third kappa shape index (κ3) is 3.76. The molecule has 4 nitrogen and oxygen atoms in total. The molecule has 0 radical (unpaired) electrons. The molecule has 2 unspecified atom stereocenters. The zero-order chi connectivity index (χ0) is 12.4. The molecule has 0 aromatic heterocycles. The summed E-state index contributed by atoms with van der Waals surface area (Å²) in [5, 5.41) is 3.06. The summed E-state index contributed by atoms with van der Waals surface area (Å²) in [5.41, 5.74) is 5.35. The van der Waals surface area contributed by atoms with E-state index in [1.54, 1.807) is 0 Å². The van der Waals surface area contributed by atoms with Crippen molar-refractivity contribution in [1.82, 2.24) is 5.32 Å². The summed E-state index contributed by atoms with van der Waals surface area (Å²) in [6, 6.07) is 0. The topological polar surface area (TPSA) is 64.3 Å². The molecule has 3 N–H and O–H groups in total. The molecule has 1 rings (SSSR count). The minimum Gasteiger partial charge on any atom is -0.376 e. The van der Waals surface area contributed by atoms with E-state index in [9.17, 15) is 4.79 Å². The highest BCUT2D eigenvalue weighted by Crippen LogP contribution is 2.25. The van der Waals surface area contributed by atoms with Gasteiger partial charge in [0, 0.05) is 18.6 Å². The van der Waals surface area contributed by atoms with Crippen molar-refractivity contribution in [3.8, 4) is 0 Å². The van der Waals surface area contributed by atoms with Crippen LogP contribution in [0.5, 0.6) is 0 Å². The maximum absolute atomic E-state index is 11.8. The maximum Gasteiger partial charge on any atom is 0.220 e. The first-order chi connectivity index (χ1) is 7.23. The van der Waals surface area contributed by atoms with Crippen molar-refractivity contribution in [3.63, 3.8) is 0 Å². The van der Waals surface area contributed by atoms with Gasteiger partial charge in [-0.25, -0.2) is 0 Å². The van der Waals surface area contributed by atoms with Crippen LogP contribution >= 0.6 is 0 Å². The quantitative estimate of drug-likeness (QED) is 0.759. The molecule has 1 heterocycles. The number of nitrogens with two attached hydrogens (primary N) is 1. The molecule has 0 aromatic rings. The average Bonchev–Trinajstić information content (AvgIpc) is 2.43. The standard InChI is InChI=1S/C12H24N2O2/c1-9-12(4,7-8-16-9)14-10(15)5-6-11(2,3)13/h9H,5-8,13H2,1-4H3,(H,14,15). The van der Waals surface area contributed by atoms with Gasteiger partial charge in [0.2, 0.25) is 5.91 Å². The first-order valence-electron chi connectivity index (χ1n) is 5.94. The van der Waals surface area contributed by atoms with Gasteiger partial charge in [0.05, 0.1) is 11.6 Å². The van der Waals surface area contributed by atoms with Crippen molar-refractivity contribution in [2.45, 2.75) is 64.1 Å². The molecule has 16 heavy (non-hydrogen) atoms. The number of rotatable bonds is 4. The number of nitrogens with one attached hydrogen (secondary N) is 1. The van der Waals surface area contributed by atoms with Crippen LogP contribution in [-0.2, 0) is 9.53 Å². The second kappa shape index (κ2) is 4.72. The van der Waals surface area contributed by atoms with Crippen molar-refractivity contribution in [3.05, 3.63) is 0 Å². The molecular formula is C12H24N2O2. The number of carbonyl (C=O) groups is 1. The van der Waals surface area contributed by atoms with E-state index in [4.69, 9.17) is 10.5 Å². The first-order valence-corrected chi connectivity index (χ1v) is 5.94. The molecule has 0 saturated carbocycles. The summed E-state index contributed by atoms with van der Waals surface area (Å²) in [6.07, 6.45) is 2.14. The molecule has 0 bridgehead atoms. The number of amides is 1. The molecular weight excluding hydrogens is 204 g/mol. The lowest BCUT2D eigenvalue weighted by Gasteiger charge is -2.29. The Hall–Kier alpha value is -0.610. The second-order valence-corrected chi connectivity index (χ2v) is 5.72. The summed E-state index contributed by atoms with van der Waals surface area (Å²) in [6.45, 7) is 8.63.